The molecule has 0 aliphatic carbocycles. The van der Waals surface area contributed by atoms with Crippen molar-refractivity contribution in [2.24, 2.45) is 0 Å². The van der Waals surface area contributed by atoms with Gasteiger partial charge in [0.2, 0.25) is 5.91 Å². The summed E-state index contributed by atoms with van der Waals surface area (Å²) in [5.74, 6) is -0.317. The Balaban J connectivity index is 1.68. The van der Waals surface area contributed by atoms with Crippen LogP contribution in [0, 0.1) is 13.8 Å². The summed E-state index contributed by atoms with van der Waals surface area (Å²) < 4.78 is 1.33. The number of carbonyl (C=O) groups excluding carboxylic acids is 2. The predicted octanol–water partition coefficient (Wildman–Crippen LogP) is 3.38. The number of aromatic nitrogens is 2. The molecule has 3 aromatic rings. The highest BCUT2D eigenvalue weighted by Crippen LogP contribution is 2.11. The van der Waals surface area contributed by atoms with Crippen molar-refractivity contribution in [3.05, 3.63) is 88.1 Å². The Labute approximate surface area is 180 Å². The fourth-order valence-corrected chi connectivity index (χ4v) is 3.03. The molecular weight excluding hydrogens is 394 g/mol. The van der Waals surface area contributed by atoms with E-state index in [1.165, 1.54) is 10.6 Å². The fourth-order valence-electron chi connectivity index (χ4n) is 3.03. The first-order chi connectivity index (χ1) is 14.8. The van der Waals surface area contributed by atoms with Crippen molar-refractivity contribution >= 4 is 23.3 Å². The van der Waals surface area contributed by atoms with Gasteiger partial charge in [-0.05, 0) is 56.7 Å². The quantitative estimate of drug-likeness (QED) is 0.570. The first-order valence-corrected chi connectivity index (χ1v) is 9.88. The summed E-state index contributed by atoms with van der Waals surface area (Å²) in [6, 6.07) is 13.4. The van der Waals surface area contributed by atoms with Crippen molar-refractivity contribution in [1.82, 2.24) is 14.9 Å². The number of pyridine rings is 2. The van der Waals surface area contributed by atoms with Gasteiger partial charge in [-0.15, -0.1) is 0 Å². The highest BCUT2D eigenvalue weighted by atomic mass is 16.2. The predicted molar refractivity (Wildman–Crippen MR) is 120 cm³/mol. The number of amides is 3. The van der Waals surface area contributed by atoms with Crippen LogP contribution in [0.2, 0.25) is 0 Å². The second kappa shape index (κ2) is 9.71. The highest BCUT2D eigenvalue weighted by Gasteiger charge is 2.15. The number of rotatable bonds is 6. The first kappa shape index (κ1) is 21.8. The van der Waals surface area contributed by atoms with E-state index in [0.29, 0.717) is 11.4 Å². The third kappa shape index (κ3) is 5.79. The number of urea groups is 1. The number of nitrogens with zero attached hydrogens (tertiary/aromatic N) is 2. The molecule has 0 bridgehead atoms. The Morgan fingerprint density at radius 2 is 1.77 bits per heavy atom. The van der Waals surface area contributed by atoms with Crippen LogP contribution in [0.15, 0.2) is 65.7 Å². The van der Waals surface area contributed by atoms with Crippen molar-refractivity contribution in [3.63, 3.8) is 0 Å². The van der Waals surface area contributed by atoms with E-state index in [1.54, 1.807) is 43.6 Å². The van der Waals surface area contributed by atoms with Crippen LogP contribution in [-0.4, -0.2) is 21.5 Å². The van der Waals surface area contributed by atoms with Crippen molar-refractivity contribution < 1.29 is 9.59 Å². The number of aryl methyl sites for hydroxylation is 2. The lowest BCUT2D eigenvalue weighted by atomic mass is 10.1. The van der Waals surface area contributed by atoms with Gasteiger partial charge in [0.05, 0.1) is 6.04 Å². The van der Waals surface area contributed by atoms with E-state index in [4.69, 9.17) is 0 Å². The van der Waals surface area contributed by atoms with Crippen LogP contribution in [0.4, 0.5) is 16.2 Å². The second-order valence-corrected chi connectivity index (χ2v) is 7.30. The van der Waals surface area contributed by atoms with Crippen LogP contribution in [0.5, 0.6) is 0 Å². The van der Waals surface area contributed by atoms with Gasteiger partial charge in [-0.2, -0.15) is 0 Å². The maximum absolute atomic E-state index is 12.8. The van der Waals surface area contributed by atoms with Gasteiger partial charge in [0.15, 0.2) is 0 Å². The van der Waals surface area contributed by atoms with Gasteiger partial charge in [0, 0.05) is 23.8 Å². The lowest BCUT2D eigenvalue weighted by molar-refractivity contribution is -0.122. The molecule has 0 radical (unpaired) electrons. The van der Waals surface area contributed by atoms with Gasteiger partial charge in [-0.25, -0.2) is 4.79 Å². The van der Waals surface area contributed by atoms with Crippen LogP contribution < -0.4 is 21.5 Å². The minimum absolute atomic E-state index is 0.0864. The zero-order valence-corrected chi connectivity index (χ0v) is 17.7. The molecular formula is C23H25N5O3. The van der Waals surface area contributed by atoms with Gasteiger partial charge < -0.3 is 20.5 Å². The number of benzene rings is 1. The largest absolute Gasteiger partial charge is 0.348 e. The third-order valence-electron chi connectivity index (χ3n) is 4.81. The number of anilines is 2. The van der Waals surface area contributed by atoms with E-state index < -0.39 is 11.6 Å². The smallest absolute Gasteiger partial charge is 0.323 e. The summed E-state index contributed by atoms with van der Waals surface area (Å²) in [6.45, 7) is 5.37. The molecule has 0 saturated heterocycles. The molecule has 0 spiro atoms. The molecule has 31 heavy (non-hydrogen) atoms. The Morgan fingerprint density at radius 3 is 2.45 bits per heavy atom. The third-order valence-corrected chi connectivity index (χ3v) is 4.81. The molecule has 0 unspecified atom stereocenters. The molecule has 0 saturated carbocycles. The lowest BCUT2D eigenvalue weighted by Crippen LogP contribution is -2.36. The van der Waals surface area contributed by atoms with Gasteiger partial charge in [-0.3, -0.25) is 14.6 Å². The van der Waals surface area contributed by atoms with Gasteiger partial charge in [-0.1, -0.05) is 23.8 Å². The van der Waals surface area contributed by atoms with Crippen LogP contribution in [0.3, 0.4) is 0 Å². The molecule has 1 aromatic carbocycles. The number of carbonyl (C=O) groups is 2. The van der Waals surface area contributed by atoms with E-state index in [1.807, 2.05) is 32.0 Å². The van der Waals surface area contributed by atoms with E-state index >= 15 is 0 Å². The summed E-state index contributed by atoms with van der Waals surface area (Å²) >= 11 is 0. The standard InChI is InChI=1S/C23H25N5O3/c1-15-6-9-19(10-7-15)26-23(31)27-20-11-8-16(2)28(22(20)30)14-21(29)25-17(3)18-5-4-12-24-13-18/h4-13,17H,14H2,1-3H3,(H,25,29)(H2,26,27,31)/t17-/m1/s1. The van der Waals surface area contributed by atoms with Crippen LogP contribution in [0.1, 0.15) is 29.8 Å². The SMILES string of the molecule is Cc1ccc(NC(=O)Nc2ccc(C)n(CC(=O)N[C@H](C)c3cccnc3)c2=O)cc1. The molecule has 1 atom stereocenters. The summed E-state index contributed by atoms with van der Waals surface area (Å²) in [5, 5.41) is 8.10. The normalized spacial score (nSPS) is 11.5. The molecule has 160 valence electrons. The molecule has 8 heteroatoms. The molecule has 0 aliphatic heterocycles. The molecule has 8 nitrogen and oxygen atoms in total. The number of nitrogens with one attached hydrogen (secondary N) is 3. The second-order valence-electron chi connectivity index (χ2n) is 7.30. The van der Waals surface area contributed by atoms with Crippen molar-refractivity contribution in [2.45, 2.75) is 33.4 Å². The summed E-state index contributed by atoms with van der Waals surface area (Å²) in [4.78, 5) is 41.7. The molecule has 2 aromatic heterocycles. The minimum atomic E-state index is -0.536. The Kier molecular flexibility index (Phi) is 6.81. The van der Waals surface area contributed by atoms with E-state index in [2.05, 4.69) is 20.9 Å². The topological polar surface area (TPSA) is 105 Å². The lowest BCUT2D eigenvalue weighted by Gasteiger charge is -2.16. The van der Waals surface area contributed by atoms with Crippen LogP contribution in [-0.2, 0) is 11.3 Å². The Bertz CT molecular complexity index is 1120. The first-order valence-electron chi connectivity index (χ1n) is 9.88. The zero-order valence-electron chi connectivity index (χ0n) is 17.7. The van der Waals surface area contributed by atoms with E-state index in [-0.39, 0.29) is 24.2 Å². The average Bonchev–Trinajstić information content (AvgIpc) is 2.75. The maximum Gasteiger partial charge on any atom is 0.323 e. The molecule has 3 N–H and O–H groups in total. The van der Waals surface area contributed by atoms with Gasteiger partial charge >= 0.3 is 6.03 Å². The molecule has 0 aliphatic rings. The van der Waals surface area contributed by atoms with Gasteiger partial charge in [0.1, 0.15) is 12.2 Å². The monoisotopic (exact) mass is 419 g/mol. The number of hydrogen-bond acceptors (Lipinski definition) is 4. The maximum atomic E-state index is 12.8. The average molecular weight is 419 g/mol. The van der Waals surface area contributed by atoms with Crippen LogP contribution in [0.25, 0.3) is 0 Å². The number of hydrogen-bond donors (Lipinski definition) is 3. The van der Waals surface area contributed by atoms with E-state index in [0.717, 1.165) is 11.1 Å². The van der Waals surface area contributed by atoms with Crippen molar-refractivity contribution in [1.29, 1.82) is 0 Å². The Hall–Kier alpha value is -3.94. The van der Waals surface area contributed by atoms with E-state index in [9.17, 15) is 14.4 Å². The molecule has 3 rings (SSSR count). The van der Waals surface area contributed by atoms with Crippen molar-refractivity contribution in [2.75, 3.05) is 10.6 Å². The molecule has 0 fully saturated rings. The summed E-state index contributed by atoms with van der Waals surface area (Å²) in [6.07, 6.45) is 3.34. The molecule has 3 amide bonds. The minimum Gasteiger partial charge on any atom is -0.348 e. The fraction of sp³-hybridized carbons (Fsp3) is 0.217. The molecule has 2 heterocycles. The zero-order chi connectivity index (χ0) is 22.4. The highest BCUT2D eigenvalue weighted by molar-refractivity contribution is 5.99. The Morgan fingerprint density at radius 1 is 1.03 bits per heavy atom. The van der Waals surface area contributed by atoms with Crippen LogP contribution >= 0.6 is 0 Å². The van der Waals surface area contributed by atoms with Crippen molar-refractivity contribution in [3.8, 4) is 0 Å². The van der Waals surface area contributed by atoms with Gasteiger partial charge in [0.25, 0.3) is 5.56 Å². The summed E-state index contributed by atoms with van der Waals surface area (Å²) in [7, 11) is 0. The summed E-state index contributed by atoms with van der Waals surface area (Å²) in [5.41, 5.74) is 2.79.